The van der Waals surface area contributed by atoms with Crippen molar-refractivity contribution in [2.24, 2.45) is 0 Å². The molecule has 2 unspecified atom stereocenters. The van der Waals surface area contributed by atoms with E-state index in [0.717, 1.165) is 12.8 Å². The van der Waals surface area contributed by atoms with E-state index in [1.165, 1.54) is 44.5 Å². The van der Waals surface area contributed by atoms with Gasteiger partial charge in [0.25, 0.3) is 0 Å². The molecule has 0 amide bonds. The van der Waals surface area contributed by atoms with E-state index in [0.29, 0.717) is 17.8 Å². The molecule has 0 aromatic heterocycles. The molecule has 3 nitrogen and oxygen atoms in total. The number of aromatic hydroxyl groups is 1. The largest absolute Gasteiger partial charge is 0.508 e. The molecule has 2 atom stereocenters. The third-order valence-corrected chi connectivity index (χ3v) is 4.59. The van der Waals surface area contributed by atoms with Crippen molar-refractivity contribution in [1.82, 2.24) is 10.2 Å². The predicted molar refractivity (Wildman–Crippen MR) is 88.8 cm³/mol. The van der Waals surface area contributed by atoms with Gasteiger partial charge in [-0.2, -0.15) is 0 Å². The lowest BCUT2D eigenvalue weighted by atomic mass is 10.0. The van der Waals surface area contributed by atoms with Crippen LogP contribution < -0.4 is 5.32 Å². The molecule has 118 valence electrons. The Kier molecular flexibility index (Phi) is 6.52. The van der Waals surface area contributed by atoms with Gasteiger partial charge in [-0.3, -0.25) is 0 Å². The monoisotopic (exact) mass is 290 g/mol. The summed E-state index contributed by atoms with van der Waals surface area (Å²) in [7, 11) is 0. The number of likely N-dealkylation sites (tertiary alicyclic amines) is 1. The highest BCUT2D eigenvalue weighted by Crippen LogP contribution is 2.14. The number of benzene rings is 1. The molecule has 1 aliphatic heterocycles. The maximum atomic E-state index is 9.30. The SMILES string of the molecule is CCN1CCCC(NC(C)CCc2ccc(O)cc2)CC1. The van der Waals surface area contributed by atoms with Crippen molar-refractivity contribution in [3.05, 3.63) is 29.8 Å². The highest BCUT2D eigenvalue weighted by atomic mass is 16.3. The maximum absolute atomic E-state index is 9.30. The van der Waals surface area contributed by atoms with E-state index in [2.05, 4.69) is 24.1 Å². The minimum atomic E-state index is 0.351. The van der Waals surface area contributed by atoms with E-state index in [1.807, 2.05) is 12.1 Å². The van der Waals surface area contributed by atoms with Gasteiger partial charge in [-0.1, -0.05) is 19.1 Å². The topological polar surface area (TPSA) is 35.5 Å². The average Bonchev–Trinajstić information content (AvgIpc) is 2.72. The van der Waals surface area contributed by atoms with Crippen molar-refractivity contribution in [1.29, 1.82) is 0 Å². The lowest BCUT2D eigenvalue weighted by Crippen LogP contribution is -2.37. The number of hydrogen-bond donors (Lipinski definition) is 2. The van der Waals surface area contributed by atoms with Gasteiger partial charge in [-0.15, -0.1) is 0 Å². The Balaban J connectivity index is 1.71. The van der Waals surface area contributed by atoms with Crippen molar-refractivity contribution in [2.45, 2.75) is 58.0 Å². The molecular weight excluding hydrogens is 260 g/mol. The normalized spacial score (nSPS) is 21.9. The van der Waals surface area contributed by atoms with Crippen LogP contribution in [0.4, 0.5) is 0 Å². The molecule has 1 saturated heterocycles. The summed E-state index contributed by atoms with van der Waals surface area (Å²) in [6, 6.07) is 8.82. The van der Waals surface area contributed by atoms with Gasteiger partial charge in [0.1, 0.15) is 5.75 Å². The van der Waals surface area contributed by atoms with Gasteiger partial charge in [-0.05, 0) is 76.4 Å². The molecule has 2 N–H and O–H groups in total. The fourth-order valence-electron chi connectivity index (χ4n) is 3.17. The first kappa shape index (κ1) is 16.3. The Labute approximate surface area is 129 Å². The standard InChI is InChI=1S/C18H30N2O/c1-3-20-13-4-5-17(12-14-20)19-15(2)6-7-16-8-10-18(21)11-9-16/h8-11,15,17,19,21H,3-7,12-14H2,1-2H3. The van der Waals surface area contributed by atoms with Crippen LogP contribution >= 0.6 is 0 Å². The minimum absolute atomic E-state index is 0.351. The van der Waals surface area contributed by atoms with Crippen molar-refractivity contribution >= 4 is 0 Å². The van der Waals surface area contributed by atoms with Crippen LogP contribution in [0.1, 0.15) is 45.1 Å². The first-order valence-corrected chi connectivity index (χ1v) is 8.43. The molecule has 1 aromatic carbocycles. The van der Waals surface area contributed by atoms with Crippen molar-refractivity contribution in [3.63, 3.8) is 0 Å². The summed E-state index contributed by atoms with van der Waals surface area (Å²) in [6.45, 7) is 8.23. The predicted octanol–water partition coefficient (Wildman–Crippen LogP) is 3.18. The molecule has 1 fully saturated rings. The minimum Gasteiger partial charge on any atom is -0.508 e. The van der Waals surface area contributed by atoms with Gasteiger partial charge in [-0.25, -0.2) is 0 Å². The number of phenols is 1. The van der Waals surface area contributed by atoms with Crippen LogP contribution in [-0.2, 0) is 6.42 Å². The van der Waals surface area contributed by atoms with Gasteiger partial charge in [0, 0.05) is 12.1 Å². The number of aryl methyl sites for hydroxylation is 1. The Morgan fingerprint density at radius 1 is 1.24 bits per heavy atom. The first-order chi connectivity index (χ1) is 10.2. The van der Waals surface area contributed by atoms with E-state index < -0.39 is 0 Å². The zero-order chi connectivity index (χ0) is 15.1. The fraction of sp³-hybridized carbons (Fsp3) is 0.667. The summed E-state index contributed by atoms with van der Waals surface area (Å²) in [5.74, 6) is 0.351. The molecule has 3 heteroatoms. The van der Waals surface area contributed by atoms with Gasteiger partial charge < -0.3 is 15.3 Å². The molecule has 21 heavy (non-hydrogen) atoms. The lowest BCUT2D eigenvalue weighted by molar-refractivity contribution is 0.295. The highest BCUT2D eigenvalue weighted by molar-refractivity contribution is 5.25. The number of phenolic OH excluding ortho intramolecular Hbond substituents is 1. The second kappa shape index (κ2) is 8.40. The van der Waals surface area contributed by atoms with Crippen LogP contribution in [0.15, 0.2) is 24.3 Å². The zero-order valence-corrected chi connectivity index (χ0v) is 13.5. The quantitative estimate of drug-likeness (QED) is 0.844. The Hall–Kier alpha value is -1.06. The lowest BCUT2D eigenvalue weighted by Gasteiger charge is -2.22. The smallest absolute Gasteiger partial charge is 0.115 e. The molecule has 1 heterocycles. The molecule has 0 aliphatic carbocycles. The summed E-state index contributed by atoms with van der Waals surface area (Å²) >= 11 is 0. The molecule has 0 radical (unpaired) electrons. The van der Waals surface area contributed by atoms with Gasteiger partial charge in [0.05, 0.1) is 0 Å². The van der Waals surface area contributed by atoms with Crippen LogP contribution in [0.5, 0.6) is 5.75 Å². The third kappa shape index (κ3) is 5.68. The summed E-state index contributed by atoms with van der Waals surface area (Å²) in [4.78, 5) is 2.56. The van der Waals surface area contributed by atoms with Crippen molar-refractivity contribution in [3.8, 4) is 5.75 Å². The van der Waals surface area contributed by atoms with Gasteiger partial charge >= 0.3 is 0 Å². The average molecular weight is 290 g/mol. The second-order valence-corrected chi connectivity index (χ2v) is 6.33. The molecule has 0 spiro atoms. The summed E-state index contributed by atoms with van der Waals surface area (Å²) < 4.78 is 0. The second-order valence-electron chi connectivity index (χ2n) is 6.33. The summed E-state index contributed by atoms with van der Waals surface area (Å²) in [5, 5.41) is 13.1. The maximum Gasteiger partial charge on any atom is 0.115 e. The number of nitrogens with one attached hydrogen (secondary N) is 1. The number of nitrogens with zero attached hydrogens (tertiary/aromatic N) is 1. The fourth-order valence-corrected chi connectivity index (χ4v) is 3.17. The van der Waals surface area contributed by atoms with E-state index in [1.54, 1.807) is 12.1 Å². The third-order valence-electron chi connectivity index (χ3n) is 4.59. The number of hydrogen-bond acceptors (Lipinski definition) is 3. The van der Waals surface area contributed by atoms with Crippen molar-refractivity contribution in [2.75, 3.05) is 19.6 Å². The van der Waals surface area contributed by atoms with Crippen LogP contribution in [-0.4, -0.2) is 41.7 Å². The summed E-state index contributed by atoms with van der Waals surface area (Å²) in [5.41, 5.74) is 1.31. The summed E-state index contributed by atoms with van der Waals surface area (Å²) in [6.07, 6.45) is 6.12. The first-order valence-electron chi connectivity index (χ1n) is 8.43. The van der Waals surface area contributed by atoms with Crippen LogP contribution in [0.2, 0.25) is 0 Å². The van der Waals surface area contributed by atoms with E-state index >= 15 is 0 Å². The molecule has 0 saturated carbocycles. The number of rotatable bonds is 6. The van der Waals surface area contributed by atoms with Gasteiger partial charge in [0.15, 0.2) is 0 Å². The zero-order valence-electron chi connectivity index (χ0n) is 13.5. The van der Waals surface area contributed by atoms with E-state index in [4.69, 9.17) is 0 Å². The van der Waals surface area contributed by atoms with Gasteiger partial charge in [0.2, 0.25) is 0 Å². The Morgan fingerprint density at radius 2 is 2.00 bits per heavy atom. The van der Waals surface area contributed by atoms with E-state index in [9.17, 15) is 5.11 Å². The molecule has 0 bridgehead atoms. The Bertz CT molecular complexity index is 404. The van der Waals surface area contributed by atoms with Crippen molar-refractivity contribution < 1.29 is 5.11 Å². The molecule has 2 rings (SSSR count). The van der Waals surface area contributed by atoms with Crippen LogP contribution in [0.3, 0.4) is 0 Å². The Morgan fingerprint density at radius 3 is 2.71 bits per heavy atom. The highest BCUT2D eigenvalue weighted by Gasteiger charge is 2.17. The van der Waals surface area contributed by atoms with Crippen LogP contribution in [0.25, 0.3) is 0 Å². The molecular formula is C18H30N2O. The molecule has 1 aromatic rings. The van der Waals surface area contributed by atoms with E-state index in [-0.39, 0.29) is 0 Å². The van der Waals surface area contributed by atoms with Crippen LogP contribution in [0, 0.1) is 0 Å². The molecule has 1 aliphatic rings.